The Bertz CT molecular complexity index is 230. The number of hydrogen-bond acceptors (Lipinski definition) is 4. The van der Waals surface area contributed by atoms with Crippen LogP contribution < -0.4 is 4.90 Å². The van der Waals surface area contributed by atoms with Gasteiger partial charge in [-0.3, -0.25) is 0 Å². The van der Waals surface area contributed by atoms with E-state index in [1.165, 1.54) is 25.6 Å². The number of anilines is 1. The van der Waals surface area contributed by atoms with Crippen LogP contribution in [-0.4, -0.2) is 28.0 Å². The summed E-state index contributed by atoms with van der Waals surface area (Å²) in [6.07, 6.45) is 7.86. The largest absolute Gasteiger partial charge is 0.341 e. The van der Waals surface area contributed by atoms with E-state index in [-0.39, 0.29) is 0 Å². The van der Waals surface area contributed by atoms with E-state index < -0.39 is 0 Å². The lowest BCUT2D eigenvalue weighted by Gasteiger charge is -2.25. The highest BCUT2D eigenvalue weighted by molar-refractivity contribution is 5.27. The monoisotopic (exact) mass is 163 g/mol. The van der Waals surface area contributed by atoms with E-state index in [1.54, 1.807) is 0 Å². The van der Waals surface area contributed by atoms with Gasteiger partial charge in [0.25, 0.3) is 0 Å². The molecule has 12 heavy (non-hydrogen) atoms. The molecule has 0 spiro atoms. The molecule has 0 aliphatic carbocycles. The number of nitrogens with zero attached hydrogens (tertiary/aromatic N) is 4. The van der Waals surface area contributed by atoms with Gasteiger partial charge in [0, 0.05) is 13.1 Å². The van der Waals surface area contributed by atoms with Crippen molar-refractivity contribution < 1.29 is 0 Å². The van der Waals surface area contributed by atoms with Crippen molar-refractivity contribution in [1.82, 2.24) is 15.0 Å². The molecule has 0 atom stereocenters. The maximum absolute atomic E-state index is 4.07. The molecule has 0 unspecified atom stereocenters. The summed E-state index contributed by atoms with van der Waals surface area (Å²) < 4.78 is 0. The van der Waals surface area contributed by atoms with Gasteiger partial charge in [-0.25, -0.2) is 9.97 Å². The van der Waals surface area contributed by atoms with Crippen LogP contribution in [0.5, 0.6) is 0 Å². The Balaban J connectivity index is 2.08. The fourth-order valence-corrected chi connectivity index (χ4v) is 1.46. The third-order valence-corrected chi connectivity index (χ3v) is 2.08. The summed E-state index contributed by atoms with van der Waals surface area (Å²) in [4.78, 5) is 13.9. The molecule has 4 heteroatoms. The van der Waals surface area contributed by atoms with Gasteiger partial charge in [0.1, 0.15) is 6.33 Å². The van der Waals surface area contributed by atoms with Crippen LogP contribution in [0.2, 0.25) is 0 Å². The molecule has 1 aromatic heterocycles. The molecular weight excluding hydrogens is 152 g/mol. The lowest BCUT2D eigenvalue weighted by Crippen LogP contribution is -2.30. The van der Waals surface area contributed by atoms with Crippen LogP contribution in [0.25, 0.3) is 0 Å². The highest BCUT2D eigenvalue weighted by Crippen LogP contribution is 2.13. The van der Waals surface area contributed by atoms with E-state index in [9.17, 15) is 0 Å². The minimum absolute atomic E-state index is 0.768. The van der Waals surface area contributed by atoms with Crippen molar-refractivity contribution in [2.75, 3.05) is 18.0 Å². The normalized spacial score (nSPS) is 17.8. The van der Waals surface area contributed by atoms with Crippen LogP contribution >= 0.6 is 0 Å². The minimum Gasteiger partial charge on any atom is -0.341 e. The summed E-state index contributed by atoms with van der Waals surface area (Å²) >= 11 is 0. The van der Waals surface area contributed by atoms with Crippen molar-refractivity contribution >= 4 is 5.95 Å². The predicted octanol–water partition coefficient (Wildman–Crippen LogP) is 0.662. The Kier molecular flexibility index (Phi) is 2.16. The average Bonchev–Trinajstić information content (AvgIpc) is 2.21. The first kappa shape index (κ1) is 7.46. The van der Waals surface area contributed by atoms with Gasteiger partial charge in [-0.1, -0.05) is 0 Å². The molecule has 0 N–H and O–H groups in total. The van der Waals surface area contributed by atoms with E-state index in [2.05, 4.69) is 26.2 Å². The fourth-order valence-electron chi connectivity index (χ4n) is 1.46. The van der Waals surface area contributed by atoms with Crippen molar-refractivity contribution in [2.24, 2.45) is 0 Å². The van der Waals surface area contributed by atoms with Crippen molar-refractivity contribution in [1.29, 1.82) is 0 Å². The molecule has 1 saturated heterocycles. The zero-order chi connectivity index (χ0) is 8.23. The Labute approximate surface area is 71.7 Å². The molecule has 1 aliphatic heterocycles. The summed E-state index contributed by atoms with van der Waals surface area (Å²) in [6, 6.07) is 0. The zero-order valence-corrected chi connectivity index (χ0v) is 6.90. The summed E-state index contributed by atoms with van der Waals surface area (Å²) in [5, 5.41) is 0. The smallest absolute Gasteiger partial charge is 0.228 e. The molecule has 2 heterocycles. The van der Waals surface area contributed by atoms with Crippen molar-refractivity contribution in [3.05, 3.63) is 12.7 Å². The van der Waals surface area contributed by atoms with Crippen molar-refractivity contribution in [3.63, 3.8) is 0 Å². The third kappa shape index (κ3) is 1.52. The molecule has 1 fully saturated rings. The molecular formula is C8H11N4. The van der Waals surface area contributed by atoms with Crippen molar-refractivity contribution in [3.8, 4) is 0 Å². The SMILES string of the molecule is [c]1ncnc(N2CCCCC2)n1. The molecule has 1 aromatic rings. The second-order valence-electron chi connectivity index (χ2n) is 2.93. The third-order valence-electron chi connectivity index (χ3n) is 2.08. The van der Waals surface area contributed by atoms with Gasteiger partial charge < -0.3 is 4.90 Å². The van der Waals surface area contributed by atoms with Crippen LogP contribution in [-0.2, 0) is 0 Å². The summed E-state index contributed by atoms with van der Waals surface area (Å²) in [5.41, 5.74) is 0. The van der Waals surface area contributed by atoms with E-state index in [4.69, 9.17) is 0 Å². The fraction of sp³-hybridized carbons (Fsp3) is 0.625. The van der Waals surface area contributed by atoms with Crippen LogP contribution in [0.15, 0.2) is 6.33 Å². The number of aromatic nitrogens is 3. The standard InChI is InChI=1S/C8H11N4/c1-2-4-12(5-3-1)8-10-6-9-7-11-8/h6H,1-5H2. The van der Waals surface area contributed by atoms with Crippen molar-refractivity contribution in [2.45, 2.75) is 19.3 Å². The van der Waals surface area contributed by atoms with Gasteiger partial charge >= 0.3 is 0 Å². The Hall–Kier alpha value is -1.19. The lowest BCUT2D eigenvalue weighted by atomic mass is 10.1. The quantitative estimate of drug-likeness (QED) is 0.610. The first-order valence-electron chi connectivity index (χ1n) is 4.27. The Morgan fingerprint density at radius 3 is 2.75 bits per heavy atom. The molecule has 1 radical (unpaired) electrons. The molecule has 1 aliphatic rings. The summed E-state index contributed by atoms with van der Waals surface area (Å²) in [7, 11) is 0. The van der Waals surface area contributed by atoms with Gasteiger partial charge in [0.15, 0.2) is 0 Å². The maximum atomic E-state index is 4.07. The number of rotatable bonds is 1. The van der Waals surface area contributed by atoms with E-state index >= 15 is 0 Å². The van der Waals surface area contributed by atoms with Gasteiger partial charge in [-0.15, -0.1) is 0 Å². The predicted molar refractivity (Wildman–Crippen MR) is 44.7 cm³/mol. The van der Waals surface area contributed by atoms with E-state index in [0.717, 1.165) is 19.0 Å². The molecule has 0 bridgehead atoms. The van der Waals surface area contributed by atoms with Crippen LogP contribution in [0.1, 0.15) is 19.3 Å². The van der Waals surface area contributed by atoms with Gasteiger partial charge in [0.2, 0.25) is 12.3 Å². The highest BCUT2D eigenvalue weighted by atomic mass is 15.3. The van der Waals surface area contributed by atoms with Crippen LogP contribution in [0.3, 0.4) is 0 Å². The molecule has 4 nitrogen and oxygen atoms in total. The second-order valence-corrected chi connectivity index (χ2v) is 2.93. The van der Waals surface area contributed by atoms with E-state index in [1.807, 2.05) is 0 Å². The second kappa shape index (κ2) is 3.47. The number of piperidine rings is 1. The van der Waals surface area contributed by atoms with Crippen LogP contribution in [0, 0.1) is 6.33 Å². The Morgan fingerprint density at radius 2 is 2.08 bits per heavy atom. The highest BCUT2D eigenvalue weighted by Gasteiger charge is 2.12. The summed E-state index contributed by atoms with van der Waals surface area (Å²) in [5.74, 6) is 0.768. The zero-order valence-electron chi connectivity index (χ0n) is 6.90. The molecule has 0 saturated carbocycles. The average molecular weight is 163 g/mol. The van der Waals surface area contributed by atoms with Crippen LogP contribution in [0.4, 0.5) is 5.95 Å². The Morgan fingerprint density at radius 1 is 1.25 bits per heavy atom. The van der Waals surface area contributed by atoms with Gasteiger partial charge in [0.05, 0.1) is 0 Å². The van der Waals surface area contributed by atoms with E-state index in [0.29, 0.717) is 0 Å². The summed E-state index contributed by atoms with van der Waals surface area (Å²) in [6.45, 7) is 2.13. The number of hydrogen-bond donors (Lipinski definition) is 0. The van der Waals surface area contributed by atoms with Gasteiger partial charge in [-0.05, 0) is 19.3 Å². The molecule has 2 rings (SSSR count). The topological polar surface area (TPSA) is 41.9 Å². The first-order chi connectivity index (χ1) is 5.97. The molecule has 0 amide bonds. The molecule has 0 aromatic carbocycles. The molecule has 63 valence electrons. The maximum Gasteiger partial charge on any atom is 0.228 e. The first-order valence-corrected chi connectivity index (χ1v) is 4.27. The van der Waals surface area contributed by atoms with Gasteiger partial charge in [-0.2, -0.15) is 4.98 Å². The minimum atomic E-state index is 0.768. The lowest BCUT2D eigenvalue weighted by molar-refractivity contribution is 0.567.